The van der Waals surface area contributed by atoms with Gasteiger partial charge in [0.15, 0.2) is 0 Å². The summed E-state index contributed by atoms with van der Waals surface area (Å²) in [5, 5.41) is 3.15. The SMILES string of the molecule is CCCCSC(C)C(=O)NCCC1=CCCCC1. The Morgan fingerprint density at radius 2 is 2.33 bits per heavy atom. The minimum atomic E-state index is 0.0943. The second kappa shape index (κ2) is 9.48. The van der Waals surface area contributed by atoms with Crippen molar-refractivity contribution in [3.63, 3.8) is 0 Å². The first-order valence-corrected chi connectivity index (χ1v) is 8.36. The van der Waals surface area contributed by atoms with Crippen LogP contribution in [0.2, 0.25) is 0 Å². The molecule has 0 aromatic heterocycles. The number of rotatable bonds is 8. The van der Waals surface area contributed by atoms with E-state index < -0.39 is 0 Å². The second-order valence-electron chi connectivity index (χ2n) is 5.02. The molecule has 0 aromatic rings. The zero-order valence-corrected chi connectivity index (χ0v) is 12.7. The summed E-state index contributed by atoms with van der Waals surface area (Å²) in [5.41, 5.74) is 1.54. The lowest BCUT2D eigenvalue weighted by Gasteiger charge is -2.15. The zero-order chi connectivity index (χ0) is 13.2. The fourth-order valence-corrected chi connectivity index (χ4v) is 3.15. The third-order valence-corrected chi connectivity index (χ3v) is 4.60. The van der Waals surface area contributed by atoms with Crippen molar-refractivity contribution in [2.45, 2.75) is 64.0 Å². The monoisotopic (exact) mass is 269 g/mol. The highest BCUT2D eigenvalue weighted by Gasteiger charge is 2.12. The summed E-state index contributed by atoms with van der Waals surface area (Å²) in [6.45, 7) is 5.00. The summed E-state index contributed by atoms with van der Waals surface area (Å²) in [5.74, 6) is 1.29. The first-order chi connectivity index (χ1) is 8.74. The highest BCUT2D eigenvalue weighted by atomic mass is 32.2. The van der Waals surface area contributed by atoms with Gasteiger partial charge < -0.3 is 5.32 Å². The Morgan fingerprint density at radius 1 is 1.50 bits per heavy atom. The molecule has 0 saturated heterocycles. The molecule has 3 heteroatoms. The van der Waals surface area contributed by atoms with Gasteiger partial charge in [0, 0.05) is 6.54 Å². The van der Waals surface area contributed by atoms with Gasteiger partial charge in [-0.05, 0) is 51.2 Å². The molecule has 1 aliphatic rings. The Balaban J connectivity index is 2.10. The van der Waals surface area contributed by atoms with Crippen LogP contribution in [0, 0.1) is 0 Å². The number of hydrogen-bond donors (Lipinski definition) is 1. The first-order valence-electron chi connectivity index (χ1n) is 7.31. The lowest BCUT2D eigenvalue weighted by molar-refractivity contribution is -0.120. The Kier molecular flexibility index (Phi) is 8.23. The van der Waals surface area contributed by atoms with Crippen molar-refractivity contribution in [3.8, 4) is 0 Å². The number of hydrogen-bond acceptors (Lipinski definition) is 2. The number of thioether (sulfide) groups is 1. The molecule has 1 rings (SSSR count). The maximum Gasteiger partial charge on any atom is 0.232 e. The molecule has 0 radical (unpaired) electrons. The van der Waals surface area contributed by atoms with E-state index >= 15 is 0 Å². The maximum absolute atomic E-state index is 11.8. The average molecular weight is 269 g/mol. The molecule has 104 valence electrons. The van der Waals surface area contributed by atoms with E-state index in [2.05, 4.69) is 18.3 Å². The lowest BCUT2D eigenvalue weighted by Crippen LogP contribution is -2.32. The molecule has 1 atom stereocenters. The molecular formula is C15H27NOS. The van der Waals surface area contributed by atoms with Crippen LogP contribution in [-0.4, -0.2) is 23.5 Å². The fraction of sp³-hybridized carbons (Fsp3) is 0.800. The van der Waals surface area contributed by atoms with Crippen LogP contribution in [0.4, 0.5) is 0 Å². The summed E-state index contributed by atoms with van der Waals surface area (Å²) >= 11 is 1.77. The summed E-state index contributed by atoms with van der Waals surface area (Å²) in [6.07, 6.45) is 10.9. The number of carbonyl (C=O) groups is 1. The Bertz CT molecular complexity index is 276. The predicted octanol–water partition coefficient (Wildman–Crippen LogP) is 3.91. The third kappa shape index (κ3) is 6.48. The minimum Gasteiger partial charge on any atom is -0.355 e. The van der Waals surface area contributed by atoms with Crippen LogP contribution < -0.4 is 5.32 Å². The van der Waals surface area contributed by atoms with Gasteiger partial charge >= 0.3 is 0 Å². The number of allylic oxidation sites excluding steroid dienone is 1. The molecule has 18 heavy (non-hydrogen) atoms. The van der Waals surface area contributed by atoms with Crippen molar-refractivity contribution in [1.82, 2.24) is 5.32 Å². The van der Waals surface area contributed by atoms with E-state index in [1.165, 1.54) is 44.1 Å². The van der Waals surface area contributed by atoms with E-state index in [1.54, 1.807) is 11.8 Å². The van der Waals surface area contributed by atoms with E-state index in [4.69, 9.17) is 0 Å². The van der Waals surface area contributed by atoms with Crippen molar-refractivity contribution < 1.29 is 4.79 Å². The summed E-state index contributed by atoms with van der Waals surface area (Å²) in [4.78, 5) is 11.8. The van der Waals surface area contributed by atoms with E-state index in [1.807, 2.05) is 6.92 Å². The Hall–Kier alpha value is -0.440. The standard InChI is InChI=1S/C15H27NOS/c1-3-4-12-18-13(2)15(17)16-11-10-14-8-6-5-7-9-14/h8,13H,3-7,9-12H2,1-2H3,(H,16,17). The van der Waals surface area contributed by atoms with Crippen molar-refractivity contribution in [2.24, 2.45) is 0 Å². The zero-order valence-electron chi connectivity index (χ0n) is 11.8. The highest BCUT2D eigenvalue weighted by Crippen LogP contribution is 2.19. The fourth-order valence-electron chi connectivity index (χ4n) is 2.10. The molecule has 0 heterocycles. The number of carbonyl (C=O) groups excluding carboxylic acids is 1. The van der Waals surface area contributed by atoms with Crippen LogP contribution >= 0.6 is 11.8 Å². The predicted molar refractivity (Wildman–Crippen MR) is 81.0 cm³/mol. The lowest BCUT2D eigenvalue weighted by atomic mass is 9.97. The van der Waals surface area contributed by atoms with Gasteiger partial charge in [-0.25, -0.2) is 0 Å². The normalized spacial score (nSPS) is 17.1. The van der Waals surface area contributed by atoms with E-state index in [9.17, 15) is 4.79 Å². The summed E-state index contributed by atoms with van der Waals surface area (Å²) < 4.78 is 0. The van der Waals surface area contributed by atoms with Crippen LogP contribution in [0.5, 0.6) is 0 Å². The first kappa shape index (κ1) is 15.6. The van der Waals surface area contributed by atoms with Crippen molar-refractivity contribution in [2.75, 3.05) is 12.3 Å². The van der Waals surface area contributed by atoms with Crippen LogP contribution in [-0.2, 0) is 4.79 Å². The number of amides is 1. The van der Waals surface area contributed by atoms with Crippen LogP contribution in [0.15, 0.2) is 11.6 Å². The van der Waals surface area contributed by atoms with Gasteiger partial charge in [-0.2, -0.15) is 0 Å². The van der Waals surface area contributed by atoms with Crippen LogP contribution in [0.3, 0.4) is 0 Å². The number of nitrogens with one attached hydrogen (secondary N) is 1. The Labute approximate surface area is 116 Å². The molecule has 0 fully saturated rings. The molecule has 1 N–H and O–H groups in total. The molecule has 0 saturated carbocycles. The molecule has 0 aromatic carbocycles. The topological polar surface area (TPSA) is 29.1 Å². The molecule has 0 aliphatic heterocycles. The van der Waals surface area contributed by atoms with Gasteiger partial charge in [0.25, 0.3) is 0 Å². The molecule has 1 unspecified atom stereocenters. The van der Waals surface area contributed by atoms with Crippen molar-refractivity contribution in [1.29, 1.82) is 0 Å². The number of unbranched alkanes of at least 4 members (excludes halogenated alkanes) is 1. The molecular weight excluding hydrogens is 242 g/mol. The highest BCUT2D eigenvalue weighted by molar-refractivity contribution is 8.00. The van der Waals surface area contributed by atoms with Gasteiger partial charge in [-0.15, -0.1) is 11.8 Å². The van der Waals surface area contributed by atoms with E-state index in [0.29, 0.717) is 0 Å². The third-order valence-electron chi connectivity index (χ3n) is 3.37. The molecule has 0 spiro atoms. The average Bonchev–Trinajstić information content (AvgIpc) is 2.40. The van der Waals surface area contributed by atoms with E-state index in [0.717, 1.165) is 18.7 Å². The van der Waals surface area contributed by atoms with Crippen molar-refractivity contribution >= 4 is 17.7 Å². The van der Waals surface area contributed by atoms with Crippen LogP contribution in [0.1, 0.15) is 58.8 Å². The minimum absolute atomic E-state index is 0.0943. The van der Waals surface area contributed by atoms with Crippen molar-refractivity contribution in [3.05, 3.63) is 11.6 Å². The molecule has 1 amide bonds. The molecule has 2 nitrogen and oxygen atoms in total. The smallest absolute Gasteiger partial charge is 0.232 e. The Morgan fingerprint density at radius 3 is 3.00 bits per heavy atom. The summed E-state index contributed by atoms with van der Waals surface area (Å²) in [7, 11) is 0. The summed E-state index contributed by atoms with van der Waals surface area (Å²) in [6, 6.07) is 0. The maximum atomic E-state index is 11.8. The largest absolute Gasteiger partial charge is 0.355 e. The van der Waals surface area contributed by atoms with Gasteiger partial charge in [0.05, 0.1) is 5.25 Å². The van der Waals surface area contributed by atoms with E-state index in [-0.39, 0.29) is 11.2 Å². The quantitative estimate of drug-likeness (QED) is 0.534. The molecule has 1 aliphatic carbocycles. The second-order valence-corrected chi connectivity index (χ2v) is 6.46. The van der Waals surface area contributed by atoms with Gasteiger partial charge in [0.1, 0.15) is 0 Å². The van der Waals surface area contributed by atoms with Crippen LogP contribution in [0.25, 0.3) is 0 Å². The van der Waals surface area contributed by atoms with Gasteiger partial charge in [-0.3, -0.25) is 4.79 Å². The van der Waals surface area contributed by atoms with Gasteiger partial charge in [0.2, 0.25) is 5.91 Å². The van der Waals surface area contributed by atoms with Gasteiger partial charge in [-0.1, -0.05) is 25.0 Å². The molecule has 0 bridgehead atoms.